The molecule has 6 nitrogen and oxygen atoms in total. The van der Waals surface area contributed by atoms with Crippen LogP contribution in [0.4, 0.5) is 0 Å². The highest BCUT2D eigenvalue weighted by Crippen LogP contribution is 2.46. The number of benzene rings is 2. The van der Waals surface area contributed by atoms with Crippen molar-refractivity contribution in [1.29, 1.82) is 0 Å². The van der Waals surface area contributed by atoms with Crippen molar-refractivity contribution in [1.82, 2.24) is 14.8 Å². The van der Waals surface area contributed by atoms with E-state index in [1.54, 1.807) is 23.6 Å². The van der Waals surface area contributed by atoms with E-state index in [1.165, 1.54) is 5.56 Å². The second kappa shape index (κ2) is 5.88. The van der Waals surface area contributed by atoms with E-state index < -0.39 is 0 Å². The average molecular weight is 364 g/mol. The Kier molecular flexibility index (Phi) is 3.49. The van der Waals surface area contributed by atoms with Crippen LogP contribution in [0.3, 0.4) is 0 Å². The van der Waals surface area contributed by atoms with E-state index in [1.807, 2.05) is 36.4 Å². The molecule has 0 amide bonds. The van der Waals surface area contributed by atoms with Crippen LogP contribution in [0.2, 0.25) is 0 Å². The number of hydrogen-bond donors (Lipinski definition) is 0. The van der Waals surface area contributed by atoms with Crippen molar-refractivity contribution in [3.63, 3.8) is 0 Å². The van der Waals surface area contributed by atoms with Crippen LogP contribution in [0.5, 0.6) is 5.75 Å². The van der Waals surface area contributed by atoms with E-state index in [4.69, 9.17) is 14.6 Å². The lowest BCUT2D eigenvalue weighted by Crippen LogP contribution is -2.21. The zero-order valence-corrected chi connectivity index (χ0v) is 15.1. The highest BCUT2D eigenvalue weighted by atomic mass is 32.2. The van der Waals surface area contributed by atoms with Crippen molar-refractivity contribution in [2.24, 2.45) is 5.16 Å². The maximum absolute atomic E-state index is 5.73. The Bertz CT molecular complexity index is 1010. The first kappa shape index (κ1) is 15.5. The maximum Gasteiger partial charge on any atom is 0.193 e. The predicted octanol–water partition coefficient (Wildman–Crippen LogP) is 3.67. The van der Waals surface area contributed by atoms with Crippen molar-refractivity contribution in [2.45, 2.75) is 23.4 Å². The lowest BCUT2D eigenvalue weighted by Gasteiger charge is -2.16. The molecule has 0 bridgehead atoms. The topological polar surface area (TPSA) is 61.5 Å². The fraction of sp³-hybridized carbons (Fsp3) is 0.211. The lowest BCUT2D eigenvalue weighted by molar-refractivity contribution is 0.0860. The molecule has 0 saturated carbocycles. The molecule has 130 valence electrons. The average Bonchev–Trinajstić information content (AvgIpc) is 3.33. The number of para-hydroxylation sites is 1. The number of hydrogen-bond acceptors (Lipinski definition) is 6. The van der Waals surface area contributed by atoms with Crippen LogP contribution in [0.25, 0.3) is 11.4 Å². The molecule has 3 heterocycles. The number of methoxy groups -OCH3 is 1. The first-order valence-electron chi connectivity index (χ1n) is 8.32. The third-order valence-corrected chi connectivity index (χ3v) is 5.76. The minimum atomic E-state index is -0.211. The van der Waals surface area contributed by atoms with Crippen molar-refractivity contribution >= 4 is 17.6 Å². The molecular weight excluding hydrogens is 348 g/mol. The molecule has 3 aromatic rings. The number of oxime groups is 1. The first-order valence-corrected chi connectivity index (χ1v) is 9.20. The summed E-state index contributed by atoms with van der Waals surface area (Å²) in [5, 5.41) is 9.80. The molecule has 2 atom stereocenters. The van der Waals surface area contributed by atoms with E-state index in [0.717, 1.165) is 27.9 Å². The van der Waals surface area contributed by atoms with Crippen LogP contribution in [0.1, 0.15) is 17.2 Å². The van der Waals surface area contributed by atoms with Gasteiger partial charge in [-0.25, -0.2) is 4.98 Å². The number of fused-ring (bicyclic) bond motifs is 3. The van der Waals surface area contributed by atoms with Gasteiger partial charge >= 0.3 is 0 Å². The van der Waals surface area contributed by atoms with Crippen LogP contribution in [-0.2, 0) is 4.84 Å². The van der Waals surface area contributed by atoms with Gasteiger partial charge in [0.2, 0.25) is 0 Å². The molecule has 2 aliphatic heterocycles. The number of thioether (sulfide) groups is 1. The van der Waals surface area contributed by atoms with Gasteiger partial charge in [-0.3, -0.25) is 0 Å². The Morgan fingerprint density at radius 1 is 1.12 bits per heavy atom. The van der Waals surface area contributed by atoms with Crippen molar-refractivity contribution < 1.29 is 9.57 Å². The van der Waals surface area contributed by atoms with E-state index in [2.05, 4.69) is 29.3 Å². The number of aromatic nitrogens is 3. The van der Waals surface area contributed by atoms with Crippen LogP contribution in [0, 0.1) is 6.92 Å². The van der Waals surface area contributed by atoms with Gasteiger partial charge in [0.1, 0.15) is 11.0 Å². The zero-order chi connectivity index (χ0) is 17.7. The van der Waals surface area contributed by atoms with Gasteiger partial charge in [0.15, 0.2) is 22.9 Å². The molecule has 0 spiro atoms. The summed E-state index contributed by atoms with van der Waals surface area (Å²) < 4.78 is 7.26. The Labute approximate surface area is 154 Å². The quantitative estimate of drug-likeness (QED) is 0.710. The van der Waals surface area contributed by atoms with E-state index in [9.17, 15) is 0 Å². The third-order valence-electron chi connectivity index (χ3n) is 4.57. The normalized spacial score (nSPS) is 20.3. The summed E-state index contributed by atoms with van der Waals surface area (Å²) in [4.78, 5) is 10.4. The highest BCUT2D eigenvalue weighted by Gasteiger charge is 2.45. The zero-order valence-electron chi connectivity index (χ0n) is 14.3. The predicted molar refractivity (Wildman–Crippen MR) is 99.5 cm³/mol. The fourth-order valence-corrected chi connectivity index (χ4v) is 4.38. The molecule has 26 heavy (non-hydrogen) atoms. The summed E-state index contributed by atoms with van der Waals surface area (Å²) in [7, 11) is 1.66. The molecule has 0 fully saturated rings. The number of aryl methyl sites for hydroxylation is 1. The molecule has 2 unspecified atom stereocenters. The summed E-state index contributed by atoms with van der Waals surface area (Å²) in [5.74, 6) is 2.29. The minimum Gasteiger partial charge on any atom is -0.496 e. The first-order chi connectivity index (χ1) is 12.7. The van der Waals surface area contributed by atoms with Crippen molar-refractivity contribution in [3.05, 3.63) is 59.7 Å². The molecular formula is C19H16N4O2S. The molecule has 1 aromatic heterocycles. The van der Waals surface area contributed by atoms with Gasteiger partial charge in [0, 0.05) is 11.1 Å². The SMILES string of the molecule is COc1ccccc1C1ON=C2C1Sc1nc(-c3ccc(C)cc3)nn12. The van der Waals surface area contributed by atoms with Gasteiger partial charge in [-0.1, -0.05) is 64.9 Å². The van der Waals surface area contributed by atoms with Crippen LogP contribution in [0.15, 0.2) is 58.8 Å². The van der Waals surface area contributed by atoms with Crippen molar-refractivity contribution in [2.75, 3.05) is 7.11 Å². The van der Waals surface area contributed by atoms with Gasteiger partial charge in [-0.15, -0.1) is 5.10 Å². The summed E-state index contributed by atoms with van der Waals surface area (Å²) in [6.07, 6.45) is -0.211. The number of rotatable bonds is 3. The second-order valence-electron chi connectivity index (χ2n) is 6.25. The molecule has 0 aliphatic carbocycles. The molecule has 0 N–H and O–H groups in total. The molecule has 2 aromatic carbocycles. The van der Waals surface area contributed by atoms with E-state index in [-0.39, 0.29) is 11.4 Å². The molecule has 0 radical (unpaired) electrons. The molecule has 0 saturated heterocycles. The van der Waals surface area contributed by atoms with Gasteiger partial charge < -0.3 is 9.57 Å². The Morgan fingerprint density at radius 2 is 1.92 bits per heavy atom. The minimum absolute atomic E-state index is 0.0216. The summed E-state index contributed by atoms with van der Waals surface area (Å²) in [6, 6.07) is 16.1. The maximum atomic E-state index is 5.73. The molecule has 7 heteroatoms. The standard InChI is InChI=1S/C19H16N4O2S/c1-11-7-9-12(10-8-11)17-20-19-23(21-17)18-16(26-19)15(25-22-18)13-5-3-4-6-14(13)24-2/h3-10,15-16H,1-2H3. The van der Waals surface area contributed by atoms with Crippen LogP contribution >= 0.6 is 11.8 Å². The smallest absolute Gasteiger partial charge is 0.193 e. The summed E-state index contributed by atoms with van der Waals surface area (Å²) in [5.41, 5.74) is 3.19. The van der Waals surface area contributed by atoms with Gasteiger partial charge in [0.25, 0.3) is 0 Å². The van der Waals surface area contributed by atoms with Crippen molar-refractivity contribution in [3.8, 4) is 17.1 Å². The largest absolute Gasteiger partial charge is 0.496 e. The lowest BCUT2D eigenvalue weighted by atomic mass is 10.1. The Hall–Kier alpha value is -2.80. The Balaban J connectivity index is 1.46. The van der Waals surface area contributed by atoms with Crippen LogP contribution in [-0.4, -0.2) is 33.0 Å². The monoisotopic (exact) mass is 364 g/mol. The second-order valence-corrected chi connectivity index (χ2v) is 7.36. The van der Waals surface area contributed by atoms with Crippen LogP contribution < -0.4 is 4.74 Å². The van der Waals surface area contributed by atoms with Gasteiger partial charge in [0.05, 0.1) is 7.11 Å². The fourth-order valence-electron chi connectivity index (χ4n) is 3.21. The number of nitrogens with zero attached hydrogens (tertiary/aromatic N) is 4. The molecule has 2 aliphatic rings. The van der Waals surface area contributed by atoms with E-state index in [0.29, 0.717) is 5.82 Å². The summed E-state index contributed by atoms with van der Waals surface area (Å²) >= 11 is 1.63. The number of ether oxygens (including phenoxy) is 1. The Morgan fingerprint density at radius 3 is 2.73 bits per heavy atom. The summed E-state index contributed by atoms with van der Waals surface area (Å²) in [6.45, 7) is 2.06. The highest BCUT2D eigenvalue weighted by molar-refractivity contribution is 8.01. The third kappa shape index (κ3) is 2.31. The van der Waals surface area contributed by atoms with Gasteiger partial charge in [-0.2, -0.15) is 4.68 Å². The van der Waals surface area contributed by atoms with E-state index >= 15 is 0 Å². The molecule has 5 rings (SSSR count). The van der Waals surface area contributed by atoms with Gasteiger partial charge in [-0.05, 0) is 13.0 Å².